The molecule has 0 amide bonds. The summed E-state index contributed by atoms with van der Waals surface area (Å²) in [5.41, 5.74) is 1.21. The summed E-state index contributed by atoms with van der Waals surface area (Å²) in [5.74, 6) is 0.878. The Hall–Kier alpha value is -1.10. The molecule has 1 atom stereocenters. The second kappa shape index (κ2) is 6.00. The second-order valence-electron chi connectivity index (χ2n) is 3.99. The van der Waals surface area contributed by atoms with E-state index in [1.54, 1.807) is 7.11 Å². The van der Waals surface area contributed by atoms with Crippen LogP contribution < -0.4 is 4.74 Å². The fourth-order valence-corrected chi connectivity index (χ4v) is 1.87. The average molecular weight is 237 g/mol. The molecule has 0 bridgehead atoms. The molecule has 4 nitrogen and oxygen atoms in total. The molecule has 1 aliphatic heterocycles. The Balaban J connectivity index is 1.84. The molecule has 0 saturated carbocycles. The Morgan fingerprint density at radius 1 is 1.35 bits per heavy atom. The minimum absolute atomic E-state index is 0.0711. The third kappa shape index (κ3) is 3.43. The Morgan fingerprint density at radius 2 is 2.12 bits per heavy atom. The molecule has 1 saturated heterocycles. The minimum atomic E-state index is -0.0711. The summed E-state index contributed by atoms with van der Waals surface area (Å²) >= 11 is 0. The van der Waals surface area contributed by atoms with Crippen LogP contribution in [0.4, 0.5) is 0 Å². The van der Waals surface area contributed by atoms with Gasteiger partial charge in [-0.1, -0.05) is 12.1 Å². The minimum Gasteiger partial charge on any atom is -0.497 e. The van der Waals surface area contributed by atoms with Crippen LogP contribution in [0.5, 0.6) is 5.75 Å². The summed E-state index contributed by atoms with van der Waals surface area (Å²) in [6.45, 7) is 4.38. The summed E-state index contributed by atoms with van der Waals surface area (Å²) < 4.78 is 10.5. The quantitative estimate of drug-likeness (QED) is 0.785. The number of hydrogen-bond donors (Lipinski definition) is 0. The van der Waals surface area contributed by atoms with Gasteiger partial charge in [0.2, 0.25) is 0 Å². The topological polar surface area (TPSA) is 30.9 Å². The van der Waals surface area contributed by atoms with E-state index in [-0.39, 0.29) is 6.29 Å². The smallest absolute Gasteiger partial charge is 0.178 e. The number of rotatable bonds is 5. The van der Waals surface area contributed by atoms with E-state index in [1.807, 2.05) is 24.1 Å². The molecule has 17 heavy (non-hydrogen) atoms. The molecule has 1 fully saturated rings. The van der Waals surface area contributed by atoms with E-state index in [1.165, 1.54) is 5.56 Å². The van der Waals surface area contributed by atoms with Crippen LogP contribution in [0.2, 0.25) is 0 Å². The molecule has 1 aromatic rings. The monoisotopic (exact) mass is 237 g/mol. The van der Waals surface area contributed by atoms with Crippen molar-refractivity contribution in [3.63, 3.8) is 0 Å². The maximum Gasteiger partial charge on any atom is 0.178 e. The van der Waals surface area contributed by atoms with Crippen molar-refractivity contribution in [1.29, 1.82) is 0 Å². The first kappa shape index (κ1) is 12.4. The van der Waals surface area contributed by atoms with Crippen LogP contribution in [0.25, 0.3) is 0 Å². The van der Waals surface area contributed by atoms with Gasteiger partial charge in [0.15, 0.2) is 6.29 Å². The van der Waals surface area contributed by atoms with Gasteiger partial charge in [-0.3, -0.25) is 4.84 Å². The molecule has 1 unspecified atom stereocenters. The average Bonchev–Trinajstić information content (AvgIpc) is 2.78. The predicted octanol–water partition coefficient (Wildman–Crippen LogP) is 2.20. The van der Waals surface area contributed by atoms with E-state index in [2.05, 4.69) is 12.1 Å². The molecule has 0 aromatic heterocycles. The molecule has 0 aliphatic carbocycles. The number of methoxy groups -OCH3 is 1. The number of benzene rings is 1. The Labute approximate surface area is 102 Å². The van der Waals surface area contributed by atoms with Gasteiger partial charge in [0.25, 0.3) is 0 Å². The van der Waals surface area contributed by atoms with Gasteiger partial charge in [0, 0.05) is 26.1 Å². The van der Waals surface area contributed by atoms with Crippen molar-refractivity contribution in [2.75, 3.05) is 20.3 Å². The lowest BCUT2D eigenvalue weighted by Gasteiger charge is -2.16. The first-order valence-electron chi connectivity index (χ1n) is 5.98. The van der Waals surface area contributed by atoms with Gasteiger partial charge in [-0.15, -0.1) is 0 Å². The molecule has 2 rings (SSSR count). The van der Waals surface area contributed by atoms with Crippen molar-refractivity contribution in [2.24, 2.45) is 0 Å². The molecule has 0 spiro atoms. The zero-order valence-corrected chi connectivity index (χ0v) is 10.4. The van der Waals surface area contributed by atoms with Crippen LogP contribution in [-0.2, 0) is 16.1 Å². The fraction of sp³-hybridized carbons (Fsp3) is 0.538. The molecule has 1 aromatic carbocycles. The van der Waals surface area contributed by atoms with Crippen LogP contribution in [0.3, 0.4) is 0 Å². The molecule has 1 heterocycles. The van der Waals surface area contributed by atoms with E-state index in [4.69, 9.17) is 14.3 Å². The van der Waals surface area contributed by atoms with E-state index in [9.17, 15) is 0 Å². The molecule has 4 heteroatoms. The summed E-state index contributed by atoms with van der Waals surface area (Å²) in [6, 6.07) is 8.03. The van der Waals surface area contributed by atoms with Crippen molar-refractivity contribution < 1.29 is 14.3 Å². The van der Waals surface area contributed by atoms with Crippen molar-refractivity contribution in [3.8, 4) is 5.75 Å². The third-order valence-corrected chi connectivity index (χ3v) is 2.75. The molecular weight excluding hydrogens is 218 g/mol. The van der Waals surface area contributed by atoms with Crippen molar-refractivity contribution in [3.05, 3.63) is 29.8 Å². The lowest BCUT2D eigenvalue weighted by atomic mass is 10.2. The van der Waals surface area contributed by atoms with Gasteiger partial charge in [-0.2, -0.15) is 5.06 Å². The maximum atomic E-state index is 5.64. The van der Waals surface area contributed by atoms with Crippen LogP contribution in [0.15, 0.2) is 24.3 Å². The van der Waals surface area contributed by atoms with Crippen molar-refractivity contribution in [1.82, 2.24) is 5.06 Å². The Kier molecular flexibility index (Phi) is 4.36. The number of hydrogen-bond acceptors (Lipinski definition) is 4. The van der Waals surface area contributed by atoms with Crippen molar-refractivity contribution >= 4 is 0 Å². The lowest BCUT2D eigenvalue weighted by molar-refractivity contribution is -0.235. The summed E-state index contributed by atoms with van der Waals surface area (Å²) in [4.78, 5) is 5.64. The van der Waals surface area contributed by atoms with E-state index >= 15 is 0 Å². The molecule has 94 valence electrons. The first-order valence-corrected chi connectivity index (χ1v) is 5.98. The zero-order valence-electron chi connectivity index (χ0n) is 10.4. The van der Waals surface area contributed by atoms with Gasteiger partial charge in [0.1, 0.15) is 5.75 Å². The second-order valence-corrected chi connectivity index (χ2v) is 3.99. The standard InChI is InChI=1S/C13H19NO3/c1-3-16-13-8-9-14(17-13)10-11-4-6-12(15-2)7-5-11/h4-7,13H,3,8-10H2,1-2H3. The SMILES string of the molecule is CCOC1CCN(Cc2ccc(OC)cc2)O1. The van der Waals surface area contributed by atoms with Gasteiger partial charge >= 0.3 is 0 Å². The maximum absolute atomic E-state index is 5.64. The summed E-state index contributed by atoms with van der Waals surface area (Å²) in [7, 11) is 1.67. The molecule has 0 N–H and O–H groups in total. The first-order chi connectivity index (χ1) is 8.31. The van der Waals surface area contributed by atoms with Crippen LogP contribution in [0, 0.1) is 0 Å². The molecule has 1 aliphatic rings. The van der Waals surface area contributed by atoms with E-state index in [0.29, 0.717) is 6.61 Å². The third-order valence-electron chi connectivity index (χ3n) is 2.75. The van der Waals surface area contributed by atoms with Crippen LogP contribution >= 0.6 is 0 Å². The molecule has 0 radical (unpaired) electrons. The van der Waals surface area contributed by atoms with Gasteiger partial charge in [-0.05, 0) is 24.6 Å². The van der Waals surface area contributed by atoms with E-state index < -0.39 is 0 Å². The highest BCUT2D eigenvalue weighted by Gasteiger charge is 2.23. The number of ether oxygens (including phenoxy) is 2. The highest BCUT2D eigenvalue weighted by atomic mass is 16.8. The predicted molar refractivity (Wildman–Crippen MR) is 64.5 cm³/mol. The fourth-order valence-electron chi connectivity index (χ4n) is 1.87. The van der Waals surface area contributed by atoms with E-state index in [0.717, 1.165) is 25.3 Å². The molecular formula is C13H19NO3. The van der Waals surface area contributed by atoms with Crippen LogP contribution in [0.1, 0.15) is 18.9 Å². The Bertz CT molecular complexity index is 339. The lowest BCUT2D eigenvalue weighted by Crippen LogP contribution is -2.20. The largest absolute Gasteiger partial charge is 0.497 e. The highest BCUT2D eigenvalue weighted by Crippen LogP contribution is 2.19. The van der Waals surface area contributed by atoms with Crippen molar-refractivity contribution in [2.45, 2.75) is 26.2 Å². The number of hydroxylamine groups is 2. The highest BCUT2D eigenvalue weighted by molar-refractivity contribution is 5.26. The summed E-state index contributed by atoms with van der Waals surface area (Å²) in [5, 5.41) is 1.95. The van der Waals surface area contributed by atoms with Gasteiger partial charge in [-0.25, -0.2) is 0 Å². The van der Waals surface area contributed by atoms with Crippen LogP contribution in [-0.4, -0.2) is 31.6 Å². The van der Waals surface area contributed by atoms with Gasteiger partial charge in [0.05, 0.1) is 7.11 Å². The normalized spacial score (nSPS) is 20.7. The number of nitrogens with zero attached hydrogens (tertiary/aromatic N) is 1. The van der Waals surface area contributed by atoms with Gasteiger partial charge < -0.3 is 9.47 Å². The Morgan fingerprint density at radius 3 is 2.76 bits per heavy atom. The zero-order chi connectivity index (χ0) is 12.1. The summed E-state index contributed by atoms with van der Waals surface area (Å²) in [6.07, 6.45) is 0.863.